The number of nitrogens with two attached hydrogens (primary N) is 1. The summed E-state index contributed by atoms with van der Waals surface area (Å²) in [6, 6.07) is 2.24. The molecule has 0 aliphatic heterocycles. The lowest BCUT2D eigenvalue weighted by molar-refractivity contribution is 0.0588. The summed E-state index contributed by atoms with van der Waals surface area (Å²) in [7, 11) is 1.66. The molecule has 3 N–H and O–H groups in total. The Morgan fingerprint density at radius 3 is 2.94 bits per heavy atom. The third-order valence-corrected chi connectivity index (χ3v) is 3.78. The second kappa shape index (κ2) is 8.16. The molecule has 6 heteroatoms. The molecule has 1 atom stereocenters. The first-order valence-electron chi connectivity index (χ1n) is 5.02. The number of ether oxygens (including phenoxy) is 2. The molecule has 0 fully saturated rings. The van der Waals surface area contributed by atoms with Gasteiger partial charge in [0.25, 0.3) is 0 Å². The van der Waals surface area contributed by atoms with Crippen LogP contribution in [0.4, 0.5) is 0 Å². The predicted molar refractivity (Wildman–Crippen MR) is 69.5 cm³/mol. The average molecular weight is 309 g/mol. The summed E-state index contributed by atoms with van der Waals surface area (Å²) in [6.07, 6.45) is 0.875. The maximum absolute atomic E-state index is 5.47. The molecule has 1 rings (SSSR count). The largest absolute Gasteiger partial charge is 0.382 e. The first kappa shape index (κ1) is 14.1. The lowest BCUT2D eigenvalue weighted by Gasteiger charge is -2.14. The van der Waals surface area contributed by atoms with E-state index < -0.39 is 0 Å². The van der Waals surface area contributed by atoms with Gasteiger partial charge in [-0.25, -0.2) is 0 Å². The van der Waals surface area contributed by atoms with Crippen LogP contribution >= 0.6 is 27.3 Å². The minimum absolute atomic E-state index is 0.141. The fourth-order valence-electron chi connectivity index (χ4n) is 1.24. The molecule has 92 valence electrons. The molecule has 16 heavy (non-hydrogen) atoms. The van der Waals surface area contributed by atoms with Crippen molar-refractivity contribution in [2.45, 2.75) is 12.5 Å². The molecule has 0 amide bonds. The molecule has 0 saturated carbocycles. The average Bonchev–Trinajstić information content (AvgIpc) is 2.68. The summed E-state index contributed by atoms with van der Waals surface area (Å²) < 4.78 is 11.4. The molecule has 0 aliphatic carbocycles. The quantitative estimate of drug-likeness (QED) is 0.435. The topological polar surface area (TPSA) is 56.5 Å². The van der Waals surface area contributed by atoms with E-state index in [1.807, 2.05) is 0 Å². The van der Waals surface area contributed by atoms with Crippen LogP contribution in [-0.2, 0) is 15.9 Å². The van der Waals surface area contributed by atoms with Crippen molar-refractivity contribution in [3.8, 4) is 0 Å². The summed E-state index contributed by atoms with van der Waals surface area (Å²) in [5.74, 6) is 5.47. The molecule has 4 nitrogen and oxygen atoms in total. The van der Waals surface area contributed by atoms with Gasteiger partial charge in [-0.15, -0.1) is 11.3 Å². The van der Waals surface area contributed by atoms with E-state index in [2.05, 4.69) is 32.8 Å². The highest BCUT2D eigenvalue weighted by atomic mass is 79.9. The second-order valence-corrected chi connectivity index (χ2v) is 5.28. The minimum Gasteiger partial charge on any atom is -0.382 e. The molecule has 0 radical (unpaired) electrons. The standard InChI is InChI=1S/C10H17BrN2O2S/c1-14-2-3-15-6-9(13-12)5-10-4-8(11)7-16-10/h4,7,9,13H,2-3,5-6,12H2,1H3. The SMILES string of the molecule is COCCOCC(Cc1cc(Br)cs1)NN. The Bertz CT molecular complexity index is 296. The van der Waals surface area contributed by atoms with Gasteiger partial charge < -0.3 is 9.47 Å². The Hall–Kier alpha value is 0.0200. The highest BCUT2D eigenvalue weighted by Crippen LogP contribution is 2.20. The Morgan fingerprint density at radius 1 is 1.56 bits per heavy atom. The van der Waals surface area contributed by atoms with Gasteiger partial charge in [-0.2, -0.15) is 0 Å². The van der Waals surface area contributed by atoms with Gasteiger partial charge in [0.05, 0.1) is 19.8 Å². The second-order valence-electron chi connectivity index (χ2n) is 3.37. The van der Waals surface area contributed by atoms with Crippen LogP contribution in [0.3, 0.4) is 0 Å². The molecule has 0 saturated heterocycles. The van der Waals surface area contributed by atoms with Crippen LogP contribution in [0.15, 0.2) is 15.9 Å². The Balaban J connectivity index is 2.26. The molecule has 0 aliphatic rings. The normalized spacial score (nSPS) is 12.9. The smallest absolute Gasteiger partial charge is 0.0701 e. The van der Waals surface area contributed by atoms with Crippen molar-refractivity contribution in [2.24, 2.45) is 5.84 Å². The van der Waals surface area contributed by atoms with E-state index in [-0.39, 0.29) is 6.04 Å². The van der Waals surface area contributed by atoms with E-state index in [1.165, 1.54) is 4.88 Å². The van der Waals surface area contributed by atoms with E-state index in [0.29, 0.717) is 19.8 Å². The number of halogens is 1. The molecular weight excluding hydrogens is 292 g/mol. The number of hydrogen-bond donors (Lipinski definition) is 2. The molecular formula is C10H17BrN2O2S. The van der Waals surface area contributed by atoms with Crippen LogP contribution in [-0.4, -0.2) is 33.0 Å². The van der Waals surface area contributed by atoms with Crippen LogP contribution in [0.1, 0.15) is 4.88 Å². The number of thiophene rings is 1. The highest BCUT2D eigenvalue weighted by molar-refractivity contribution is 9.10. The van der Waals surface area contributed by atoms with Gasteiger partial charge in [0.15, 0.2) is 0 Å². The lowest BCUT2D eigenvalue weighted by atomic mass is 10.2. The van der Waals surface area contributed by atoms with Crippen LogP contribution in [0, 0.1) is 0 Å². The van der Waals surface area contributed by atoms with Crippen LogP contribution in [0.5, 0.6) is 0 Å². The zero-order valence-corrected chi connectivity index (χ0v) is 11.6. The van der Waals surface area contributed by atoms with Gasteiger partial charge in [-0.05, 0) is 22.0 Å². The van der Waals surface area contributed by atoms with Crippen molar-refractivity contribution in [3.05, 3.63) is 20.8 Å². The van der Waals surface area contributed by atoms with E-state index in [1.54, 1.807) is 18.4 Å². The van der Waals surface area contributed by atoms with Crippen molar-refractivity contribution < 1.29 is 9.47 Å². The molecule has 1 unspecified atom stereocenters. The van der Waals surface area contributed by atoms with E-state index in [9.17, 15) is 0 Å². The highest BCUT2D eigenvalue weighted by Gasteiger charge is 2.09. The summed E-state index contributed by atoms with van der Waals surface area (Å²) in [4.78, 5) is 1.28. The molecule has 0 bridgehead atoms. The Labute approximate surface area is 108 Å². The molecule has 1 aromatic rings. The summed E-state index contributed by atoms with van der Waals surface area (Å²) >= 11 is 5.14. The number of methoxy groups -OCH3 is 1. The molecule has 1 aromatic heterocycles. The van der Waals surface area contributed by atoms with Crippen LogP contribution in [0.25, 0.3) is 0 Å². The number of hydrogen-bond acceptors (Lipinski definition) is 5. The fraction of sp³-hybridized carbons (Fsp3) is 0.600. The first-order valence-corrected chi connectivity index (χ1v) is 6.69. The Morgan fingerprint density at radius 2 is 2.38 bits per heavy atom. The van der Waals surface area contributed by atoms with Crippen molar-refractivity contribution >= 4 is 27.3 Å². The van der Waals surface area contributed by atoms with E-state index in [0.717, 1.165) is 10.9 Å². The minimum atomic E-state index is 0.141. The zero-order chi connectivity index (χ0) is 11.8. The van der Waals surface area contributed by atoms with E-state index in [4.69, 9.17) is 15.3 Å². The maximum atomic E-state index is 5.47. The van der Waals surface area contributed by atoms with Gasteiger partial charge in [-0.3, -0.25) is 11.3 Å². The summed E-state index contributed by atoms with van der Waals surface area (Å²) in [5, 5.41) is 2.06. The van der Waals surface area contributed by atoms with Crippen LogP contribution in [0.2, 0.25) is 0 Å². The molecule has 0 spiro atoms. The van der Waals surface area contributed by atoms with Gasteiger partial charge >= 0.3 is 0 Å². The number of rotatable bonds is 8. The van der Waals surface area contributed by atoms with Crippen molar-refractivity contribution in [1.82, 2.24) is 5.43 Å². The number of hydrazine groups is 1. The van der Waals surface area contributed by atoms with E-state index >= 15 is 0 Å². The van der Waals surface area contributed by atoms with Gasteiger partial charge in [0.1, 0.15) is 0 Å². The van der Waals surface area contributed by atoms with Gasteiger partial charge in [0.2, 0.25) is 0 Å². The third-order valence-electron chi connectivity index (χ3n) is 2.06. The predicted octanol–water partition coefficient (Wildman–Crippen LogP) is 1.55. The number of nitrogens with one attached hydrogen (secondary N) is 1. The fourth-order valence-corrected chi connectivity index (χ4v) is 2.77. The molecule has 1 heterocycles. The zero-order valence-electron chi connectivity index (χ0n) is 9.24. The third kappa shape index (κ3) is 5.38. The summed E-state index contributed by atoms with van der Waals surface area (Å²) in [6.45, 7) is 1.81. The maximum Gasteiger partial charge on any atom is 0.0701 e. The molecule has 0 aromatic carbocycles. The lowest BCUT2D eigenvalue weighted by Crippen LogP contribution is -2.40. The van der Waals surface area contributed by atoms with Crippen molar-refractivity contribution in [2.75, 3.05) is 26.9 Å². The first-order chi connectivity index (χ1) is 7.76. The van der Waals surface area contributed by atoms with Crippen LogP contribution < -0.4 is 11.3 Å². The monoisotopic (exact) mass is 308 g/mol. The Kier molecular flexibility index (Phi) is 7.18. The van der Waals surface area contributed by atoms with Gasteiger partial charge in [-0.1, -0.05) is 0 Å². The summed E-state index contributed by atoms with van der Waals surface area (Å²) in [5.41, 5.74) is 2.76. The van der Waals surface area contributed by atoms with Crippen molar-refractivity contribution in [3.63, 3.8) is 0 Å². The van der Waals surface area contributed by atoms with Gasteiger partial charge in [0, 0.05) is 34.3 Å². The van der Waals surface area contributed by atoms with Crippen molar-refractivity contribution in [1.29, 1.82) is 0 Å².